The van der Waals surface area contributed by atoms with Crippen LogP contribution in [0.5, 0.6) is 5.75 Å². The first-order valence-corrected chi connectivity index (χ1v) is 10.6. The van der Waals surface area contributed by atoms with Crippen molar-refractivity contribution in [2.24, 2.45) is 5.92 Å². The molecule has 6 nitrogen and oxygen atoms in total. The summed E-state index contributed by atoms with van der Waals surface area (Å²) in [6.07, 6.45) is 2.13. The minimum atomic E-state index is -0.171. The highest BCUT2D eigenvalue weighted by Gasteiger charge is 2.32. The predicted octanol–water partition coefficient (Wildman–Crippen LogP) is 2.69. The van der Waals surface area contributed by atoms with E-state index < -0.39 is 0 Å². The number of hydrogen-bond acceptors (Lipinski definition) is 4. The Morgan fingerprint density at radius 3 is 2.48 bits per heavy atom. The molecule has 0 saturated carbocycles. The average Bonchev–Trinajstić information content (AvgIpc) is 2.82. The highest BCUT2D eigenvalue weighted by molar-refractivity contribution is 5.85. The average molecular weight is 444 g/mol. The van der Waals surface area contributed by atoms with Gasteiger partial charge < -0.3 is 20.3 Å². The Labute approximate surface area is 189 Å². The number of nitrogens with one attached hydrogen (secondary N) is 2. The molecule has 2 heterocycles. The first-order chi connectivity index (χ1) is 14.7. The molecular formula is C24H30ClN3O3. The van der Waals surface area contributed by atoms with E-state index in [0.717, 1.165) is 24.3 Å². The van der Waals surface area contributed by atoms with Gasteiger partial charge in [0.15, 0.2) is 0 Å². The molecule has 4 rings (SSSR count). The van der Waals surface area contributed by atoms with Crippen molar-refractivity contribution >= 4 is 24.2 Å². The molecule has 2 aliphatic heterocycles. The van der Waals surface area contributed by atoms with Crippen molar-refractivity contribution in [3.05, 3.63) is 65.2 Å². The number of carbonyl (C=O) groups is 2. The number of nitrogens with zero attached hydrogens (tertiary/aromatic N) is 1. The van der Waals surface area contributed by atoms with Gasteiger partial charge in [0.25, 0.3) is 0 Å². The predicted molar refractivity (Wildman–Crippen MR) is 122 cm³/mol. The molecule has 1 fully saturated rings. The molecule has 7 heteroatoms. The number of para-hydroxylation sites is 1. The number of rotatable bonds is 5. The summed E-state index contributed by atoms with van der Waals surface area (Å²) in [4.78, 5) is 27.5. The van der Waals surface area contributed by atoms with Crippen LogP contribution in [0.2, 0.25) is 0 Å². The number of ether oxygens (including phenoxy) is 1. The number of carbonyl (C=O) groups excluding carboxylic acids is 2. The molecule has 0 spiro atoms. The van der Waals surface area contributed by atoms with Gasteiger partial charge in [0.1, 0.15) is 5.75 Å². The first-order valence-electron chi connectivity index (χ1n) is 10.6. The quantitative estimate of drug-likeness (QED) is 0.745. The van der Waals surface area contributed by atoms with E-state index in [1.54, 1.807) is 7.11 Å². The van der Waals surface area contributed by atoms with E-state index in [-0.39, 0.29) is 36.2 Å². The number of amides is 2. The molecule has 2 N–H and O–H groups in total. The van der Waals surface area contributed by atoms with Crippen LogP contribution in [0.3, 0.4) is 0 Å². The highest BCUT2D eigenvalue weighted by Crippen LogP contribution is 2.22. The smallest absolute Gasteiger partial charge is 0.240 e. The van der Waals surface area contributed by atoms with E-state index in [0.29, 0.717) is 32.5 Å². The molecule has 0 radical (unpaired) electrons. The lowest BCUT2D eigenvalue weighted by Crippen LogP contribution is -2.52. The van der Waals surface area contributed by atoms with Crippen LogP contribution in [0.15, 0.2) is 48.5 Å². The Morgan fingerprint density at radius 1 is 1.06 bits per heavy atom. The maximum Gasteiger partial charge on any atom is 0.240 e. The Kier molecular flexibility index (Phi) is 7.93. The summed E-state index contributed by atoms with van der Waals surface area (Å²) in [7, 11) is 1.63. The van der Waals surface area contributed by atoms with Gasteiger partial charge in [0.05, 0.1) is 13.2 Å². The lowest BCUT2D eigenvalue weighted by molar-refractivity contribution is -0.137. The van der Waals surface area contributed by atoms with Gasteiger partial charge >= 0.3 is 0 Å². The monoisotopic (exact) mass is 443 g/mol. The number of methoxy groups -OCH3 is 1. The molecule has 0 unspecified atom stereocenters. The fourth-order valence-corrected chi connectivity index (χ4v) is 4.39. The normalized spacial score (nSPS) is 18.5. The lowest BCUT2D eigenvalue weighted by Gasteiger charge is -2.35. The molecular weight excluding hydrogens is 414 g/mol. The maximum atomic E-state index is 13.0. The van der Waals surface area contributed by atoms with E-state index in [2.05, 4.69) is 22.8 Å². The summed E-state index contributed by atoms with van der Waals surface area (Å²) in [6, 6.07) is 15.8. The second-order valence-electron chi connectivity index (χ2n) is 8.04. The van der Waals surface area contributed by atoms with Crippen LogP contribution >= 0.6 is 12.4 Å². The standard InChI is InChI=1S/C24H29N3O3.ClH/c1-30-22-9-5-4-8-20(22)16-26-23(28)17-10-12-27(13-11-17)24(29)21-14-18-6-2-3-7-19(18)15-25-21;/h2-9,17,21,25H,10-16H2,1H3,(H,26,28);1H/t21-;/m0./s1. The van der Waals surface area contributed by atoms with Crippen molar-refractivity contribution in [2.45, 2.75) is 38.4 Å². The molecule has 1 atom stereocenters. The third kappa shape index (κ3) is 5.38. The molecule has 0 aliphatic carbocycles. The summed E-state index contributed by atoms with van der Waals surface area (Å²) in [5.74, 6) is 0.929. The van der Waals surface area contributed by atoms with Crippen molar-refractivity contribution in [3.8, 4) is 5.75 Å². The Hall–Kier alpha value is -2.57. The third-order valence-electron chi connectivity index (χ3n) is 6.20. The number of piperidine rings is 1. The highest BCUT2D eigenvalue weighted by atomic mass is 35.5. The third-order valence-corrected chi connectivity index (χ3v) is 6.20. The number of likely N-dealkylation sites (tertiary alicyclic amines) is 1. The molecule has 2 amide bonds. The summed E-state index contributed by atoms with van der Waals surface area (Å²) < 4.78 is 5.34. The number of halogens is 1. The molecule has 2 aromatic rings. The molecule has 2 aliphatic rings. The fraction of sp³-hybridized carbons (Fsp3) is 0.417. The van der Waals surface area contributed by atoms with Crippen molar-refractivity contribution < 1.29 is 14.3 Å². The van der Waals surface area contributed by atoms with Gasteiger partial charge in [0, 0.05) is 37.7 Å². The Balaban J connectivity index is 0.00000272. The van der Waals surface area contributed by atoms with Gasteiger partial charge in [-0.1, -0.05) is 42.5 Å². The van der Waals surface area contributed by atoms with Gasteiger partial charge in [-0.3, -0.25) is 9.59 Å². The van der Waals surface area contributed by atoms with Crippen molar-refractivity contribution in [1.82, 2.24) is 15.5 Å². The van der Waals surface area contributed by atoms with E-state index >= 15 is 0 Å². The second kappa shape index (κ2) is 10.6. The summed E-state index contributed by atoms with van der Waals surface area (Å²) >= 11 is 0. The minimum absolute atomic E-state index is 0. The van der Waals surface area contributed by atoms with E-state index in [4.69, 9.17) is 4.74 Å². The molecule has 0 aromatic heterocycles. The lowest BCUT2D eigenvalue weighted by atomic mass is 9.92. The summed E-state index contributed by atoms with van der Waals surface area (Å²) in [5, 5.41) is 6.40. The van der Waals surface area contributed by atoms with Gasteiger partial charge in [-0.2, -0.15) is 0 Å². The van der Waals surface area contributed by atoms with Crippen LogP contribution in [-0.4, -0.2) is 43.0 Å². The Bertz CT molecular complexity index is 912. The van der Waals surface area contributed by atoms with Gasteiger partial charge in [-0.15, -0.1) is 12.4 Å². The largest absolute Gasteiger partial charge is 0.496 e. The molecule has 166 valence electrons. The van der Waals surface area contributed by atoms with Gasteiger partial charge in [0.2, 0.25) is 11.8 Å². The molecule has 0 bridgehead atoms. The van der Waals surface area contributed by atoms with Crippen molar-refractivity contribution in [1.29, 1.82) is 0 Å². The number of benzene rings is 2. The van der Waals surface area contributed by atoms with Gasteiger partial charge in [-0.05, 0) is 36.5 Å². The minimum Gasteiger partial charge on any atom is -0.496 e. The Morgan fingerprint density at radius 2 is 1.74 bits per heavy atom. The van der Waals surface area contributed by atoms with Crippen LogP contribution in [0.25, 0.3) is 0 Å². The summed E-state index contributed by atoms with van der Waals surface area (Å²) in [5.41, 5.74) is 3.48. The SMILES string of the molecule is COc1ccccc1CNC(=O)C1CCN(C(=O)[C@@H]2Cc3ccccc3CN2)CC1.Cl. The fourth-order valence-electron chi connectivity index (χ4n) is 4.39. The van der Waals surface area contributed by atoms with Crippen LogP contribution in [0.1, 0.15) is 29.5 Å². The topological polar surface area (TPSA) is 70.7 Å². The second-order valence-corrected chi connectivity index (χ2v) is 8.04. The van der Waals surface area contributed by atoms with Crippen molar-refractivity contribution in [3.63, 3.8) is 0 Å². The zero-order valence-corrected chi connectivity index (χ0v) is 18.6. The van der Waals surface area contributed by atoms with E-state index in [9.17, 15) is 9.59 Å². The summed E-state index contributed by atoms with van der Waals surface area (Å²) in [6.45, 7) is 2.44. The van der Waals surface area contributed by atoms with Gasteiger partial charge in [-0.25, -0.2) is 0 Å². The van der Waals surface area contributed by atoms with Crippen LogP contribution in [0, 0.1) is 5.92 Å². The number of fused-ring (bicyclic) bond motifs is 1. The molecule has 1 saturated heterocycles. The zero-order chi connectivity index (χ0) is 20.9. The first kappa shape index (κ1) is 23.1. The maximum absolute atomic E-state index is 13.0. The van der Waals surface area contributed by atoms with E-state index in [1.165, 1.54) is 11.1 Å². The van der Waals surface area contributed by atoms with Crippen LogP contribution in [-0.2, 0) is 29.1 Å². The van der Waals surface area contributed by atoms with Crippen LogP contribution in [0.4, 0.5) is 0 Å². The van der Waals surface area contributed by atoms with E-state index in [1.807, 2.05) is 41.3 Å². The zero-order valence-electron chi connectivity index (χ0n) is 17.8. The van der Waals surface area contributed by atoms with Crippen LogP contribution < -0.4 is 15.4 Å². The van der Waals surface area contributed by atoms with Crippen molar-refractivity contribution in [2.75, 3.05) is 20.2 Å². The number of hydrogen-bond donors (Lipinski definition) is 2. The molecule has 2 aromatic carbocycles. The molecule has 31 heavy (non-hydrogen) atoms.